The summed E-state index contributed by atoms with van der Waals surface area (Å²) in [5, 5.41) is 0.746. The van der Waals surface area contributed by atoms with E-state index in [-0.39, 0.29) is 0 Å². The van der Waals surface area contributed by atoms with Crippen molar-refractivity contribution in [2.45, 2.75) is 40.8 Å². The molecule has 0 saturated carbocycles. The van der Waals surface area contributed by atoms with Gasteiger partial charge in [0.2, 0.25) is 0 Å². The van der Waals surface area contributed by atoms with Crippen molar-refractivity contribution in [2.75, 3.05) is 16.3 Å². The summed E-state index contributed by atoms with van der Waals surface area (Å²) in [6.07, 6.45) is 2.46. The molecular formula is C31H27Cl2F2N2ORuS2. The van der Waals surface area contributed by atoms with E-state index in [1.807, 2.05) is 23.6 Å². The molecule has 1 heterocycles. The first-order valence-corrected chi connectivity index (χ1v) is 15.5. The van der Waals surface area contributed by atoms with Crippen molar-refractivity contribution in [3.8, 4) is 0 Å². The van der Waals surface area contributed by atoms with E-state index < -0.39 is 28.8 Å². The topological polar surface area (TPSA) is 15.7 Å². The van der Waals surface area contributed by atoms with Gasteiger partial charge in [0.25, 0.3) is 0 Å². The van der Waals surface area contributed by atoms with Gasteiger partial charge in [-0.25, -0.2) is 0 Å². The van der Waals surface area contributed by atoms with Crippen LogP contribution in [0.25, 0.3) is 0 Å². The number of thioether (sulfide) groups is 1. The summed E-state index contributed by atoms with van der Waals surface area (Å²) in [6.45, 7) is 12.2. The third-order valence-electron chi connectivity index (χ3n) is 6.60. The van der Waals surface area contributed by atoms with Crippen LogP contribution < -0.4 is 9.80 Å². The molecule has 0 radical (unpaired) electrons. The van der Waals surface area contributed by atoms with Gasteiger partial charge in [0.15, 0.2) is 0 Å². The van der Waals surface area contributed by atoms with E-state index in [4.69, 9.17) is 40.6 Å². The fraction of sp³-hybridized carbons (Fsp3) is 0.194. The maximum absolute atomic E-state index is 15.5. The Labute approximate surface area is 269 Å². The van der Waals surface area contributed by atoms with E-state index in [2.05, 4.69) is 31.0 Å². The molecule has 0 N–H and O–H groups in total. The number of halogens is 4. The molecule has 0 spiro atoms. The summed E-state index contributed by atoms with van der Waals surface area (Å²) in [7, 11) is 0. The Morgan fingerprint density at radius 3 is 2.17 bits per heavy atom. The second-order valence-electron chi connectivity index (χ2n) is 9.75. The van der Waals surface area contributed by atoms with Crippen molar-refractivity contribution in [1.82, 2.24) is 0 Å². The number of hydrogen-bond acceptors (Lipinski definition) is 5. The van der Waals surface area contributed by atoms with Crippen LogP contribution in [0.3, 0.4) is 0 Å². The Morgan fingerprint density at radius 2 is 1.61 bits per heavy atom. The average molecular weight is 718 g/mol. The first-order valence-electron chi connectivity index (χ1n) is 12.5. The van der Waals surface area contributed by atoms with Crippen LogP contribution in [0.4, 0.5) is 20.2 Å². The van der Waals surface area contributed by atoms with Gasteiger partial charge in [0.05, 0.1) is 0 Å². The van der Waals surface area contributed by atoms with Crippen molar-refractivity contribution >= 4 is 63.6 Å². The molecule has 215 valence electrons. The standard InChI is InChI=1S/C31H28Cl2F2N2OS2.Ru/c1-6-19(3)26(7-2)38-30(40-28-21(33)17-16-20(32)27(28)39)29-36(24-14-10-8-12-22(24)34)18-31(4,5)37(29)25-15-11-9-13-23(25)35;/h3,6-17,29-30,39H,1-2,18H2,4-5H3;/q;+1/p-1/b26-19+;/t29-,30+;/m0./s1. The SMILES string of the molecule is C=C/C([CH]=[Ru+])=C(\C=C)O[C@H](Sc1c(Cl)ccc(Cl)c1[S-])[C@H]1N(c2ccccc2F)CC(C)(C)N1c1ccccc1F. The van der Waals surface area contributed by atoms with Crippen LogP contribution >= 0.6 is 35.0 Å². The zero-order valence-corrected chi connectivity index (χ0v) is 27.1. The van der Waals surface area contributed by atoms with Crippen LogP contribution in [0.5, 0.6) is 0 Å². The summed E-state index contributed by atoms with van der Waals surface area (Å²) in [5.41, 5.74) is -0.148. The zero-order valence-electron chi connectivity index (χ0n) is 22.3. The number of nitrogens with zero attached hydrogens (tertiary/aromatic N) is 2. The van der Waals surface area contributed by atoms with Gasteiger partial charge in [-0.3, -0.25) is 0 Å². The molecule has 2 atom stereocenters. The Hall–Kier alpha value is -2.22. The van der Waals surface area contributed by atoms with E-state index in [9.17, 15) is 0 Å². The summed E-state index contributed by atoms with van der Waals surface area (Å²) < 4.78 is 39.4. The molecule has 0 aliphatic carbocycles. The van der Waals surface area contributed by atoms with E-state index >= 15 is 8.78 Å². The maximum atomic E-state index is 15.5. The van der Waals surface area contributed by atoms with Gasteiger partial charge in [-0.2, -0.15) is 0 Å². The first kappa shape index (κ1) is 31.7. The van der Waals surface area contributed by atoms with Gasteiger partial charge in [-0.1, -0.05) is 0 Å². The van der Waals surface area contributed by atoms with Crippen LogP contribution in [0.15, 0.2) is 107 Å². The second kappa shape index (κ2) is 13.4. The number of allylic oxidation sites excluding steroid dienone is 3. The summed E-state index contributed by atoms with van der Waals surface area (Å²) in [4.78, 5) is 4.69. The van der Waals surface area contributed by atoms with Gasteiger partial charge >= 0.3 is 271 Å². The molecule has 0 amide bonds. The van der Waals surface area contributed by atoms with Crippen molar-refractivity contribution in [2.24, 2.45) is 0 Å². The monoisotopic (exact) mass is 717 g/mol. The molecule has 0 aromatic heterocycles. The number of rotatable bonds is 10. The number of para-hydroxylation sites is 2. The van der Waals surface area contributed by atoms with Gasteiger partial charge < -0.3 is 0 Å². The zero-order chi connectivity index (χ0) is 29.9. The molecule has 4 rings (SSSR count). The van der Waals surface area contributed by atoms with Crippen LogP contribution in [0, 0.1) is 11.6 Å². The van der Waals surface area contributed by atoms with Crippen molar-refractivity contribution < 1.29 is 31.4 Å². The minimum atomic E-state index is -0.844. The summed E-state index contributed by atoms with van der Waals surface area (Å²) in [6, 6.07) is 16.3. The molecular weight excluding hydrogens is 690 g/mol. The molecule has 41 heavy (non-hydrogen) atoms. The molecule has 0 unspecified atom stereocenters. The molecule has 3 aromatic carbocycles. The Kier molecular flexibility index (Phi) is 10.4. The molecule has 1 aliphatic heterocycles. The van der Waals surface area contributed by atoms with Crippen molar-refractivity contribution in [1.29, 1.82) is 0 Å². The predicted molar refractivity (Wildman–Crippen MR) is 167 cm³/mol. The van der Waals surface area contributed by atoms with E-state index in [0.717, 1.165) is 0 Å². The molecule has 1 aliphatic rings. The number of benzene rings is 3. The summed E-state index contributed by atoms with van der Waals surface area (Å²) in [5.74, 6) is -0.409. The molecule has 10 heteroatoms. The van der Waals surface area contributed by atoms with Gasteiger partial charge in [-0.05, 0) is 0 Å². The van der Waals surface area contributed by atoms with Crippen molar-refractivity contribution in [3.63, 3.8) is 0 Å². The molecule has 3 nitrogen and oxygen atoms in total. The van der Waals surface area contributed by atoms with E-state index in [1.165, 1.54) is 23.9 Å². The predicted octanol–water partition coefficient (Wildman–Crippen LogP) is 8.72. The quantitative estimate of drug-likeness (QED) is 0.0520. The first-order chi connectivity index (χ1) is 19.5. The molecule has 0 bridgehead atoms. The molecule has 3 aromatic rings. The Balaban J connectivity index is 2.00. The van der Waals surface area contributed by atoms with Gasteiger partial charge in [0, 0.05) is 0 Å². The number of ether oxygens (including phenoxy) is 1. The van der Waals surface area contributed by atoms with Crippen LogP contribution in [0.2, 0.25) is 10.0 Å². The molecule has 1 saturated heterocycles. The Bertz CT molecular complexity index is 1510. The van der Waals surface area contributed by atoms with E-state index in [1.54, 1.807) is 65.3 Å². The van der Waals surface area contributed by atoms with Crippen LogP contribution in [0.1, 0.15) is 13.8 Å². The third kappa shape index (κ3) is 6.57. The fourth-order valence-corrected chi connectivity index (χ4v) is 7.33. The Morgan fingerprint density at radius 1 is 1.02 bits per heavy atom. The van der Waals surface area contributed by atoms with Gasteiger partial charge in [0.1, 0.15) is 0 Å². The van der Waals surface area contributed by atoms with Crippen LogP contribution in [-0.4, -0.2) is 28.3 Å². The summed E-state index contributed by atoms with van der Waals surface area (Å²) >= 11 is 22.4. The van der Waals surface area contributed by atoms with E-state index in [0.29, 0.717) is 49.1 Å². The van der Waals surface area contributed by atoms with Crippen molar-refractivity contribution in [3.05, 3.63) is 119 Å². The van der Waals surface area contributed by atoms with Crippen LogP contribution in [-0.2, 0) is 35.2 Å². The fourth-order valence-electron chi connectivity index (χ4n) is 4.82. The number of anilines is 2. The number of hydrogen-bond donors (Lipinski definition) is 0. The second-order valence-corrected chi connectivity index (χ2v) is 12.6. The third-order valence-corrected chi connectivity index (χ3v) is 9.78. The average Bonchev–Trinajstić information content (AvgIpc) is 3.23. The van der Waals surface area contributed by atoms with Gasteiger partial charge in [-0.15, -0.1) is 0 Å². The normalized spacial score (nSPS) is 17.6. The minimum absolute atomic E-state index is 0.345. The molecule has 1 fully saturated rings.